The van der Waals surface area contributed by atoms with Crippen molar-refractivity contribution in [3.8, 4) is 6.07 Å². The number of fused-ring (bicyclic) bond motifs is 1. The molecular weight excluding hydrogens is 358 g/mol. The second kappa shape index (κ2) is 6.42. The predicted octanol–water partition coefficient (Wildman–Crippen LogP) is 3.03. The van der Waals surface area contributed by atoms with Gasteiger partial charge < -0.3 is 4.98 Å². The maximum absolute atomic E-state index is 12.0. The Kier molecular flexibility index (Phi) is 4.17. The van der Waals surface area contributed by atoms with Gasteiger partial charge in [0.25, 0.3) is 5.56 Å². The van der Waals surface area contributed by atoms with E-state index in [1.807, 2.05) is 18.2 Å². The number of hydrazone groups is 1. The predicted molar refractivity (Wildman–Crippen MR) is 92.3 cm³/mol. The highest BCUT2D eigenvalue weighted by Gasteiger charge is 2.09. The molecule has 23 heavy (non-hydrogen) atoms. The molecule has 3 rings (SSSR count). The van der Waals surface area contributed by atoms with E-state index >= 15 is 0 Å². The summed E-state index contributed by atoms with van der Waals surface area (Å²) in [6.07, 6.45) is 0. The van der Waals surface area contributed by atoms with Crippen LogP contribution in [0.4, 0.5) is 5.69 Å². The van der Waals surface area contributed by atoms with Gasteiger partial charge in [-0.25, -0.2) is 4.98 Å². The topological polar surface area (TPSA) is 93.9 Å². The number of rotatable bonds is 3. The molecule has 0 spiro atoms. The summed E-state index contributed by atoms with van der Waals surface area (Å²) in [6.45, 7) is 0. The number of benzene rings is 2. The minimum absolute atomic E-state index is 0.00391. The number of hydrogen-bond acceptors (Lipinski definition) is 5. The Bertz CT molecular complexity index is 986. The summed E-state index contributed by atoms with van der Waals surface area (Å²) in [4.78, 5) is 18.9. The van der Waals surface area contributed by atoms with Crippen molar-refractivity contribution in [3.63, 3.8) is 0 Å². The van der Waals surface area contributed by atoms with Gasteiger partial charge in [0, 0.05) is 4.47 Å². The third-order valence-corrected chi connectivity index (χ3v) is 3.61. The summed E-state index contributed by atoms with van der Waals surface area (Å²) in [5.74, 6) is 0.126. The van der Waals surface area contributed by atoms with Crippen LogP contribution >= 0.6 is 15.9 Å². The average Bonchev–Trinajstić information content (AvgIpc) is 2.57. The molecule has 0 atom stereocenters. The van der Waals surface area contributed by atoms with Crippen molar-refractivity contribution in [2.45, 2.75) is 0 Å². The van der Waals surface area contributed by atoms with E-state index in [9.17, 15) is 10.1 Å². The van der Waals surface area contributed by atoms with Gasteiger partial charge in [-0.15, -0.1) is 0 Å². The minimum Gasteiger partial charge on any atom is -0.304 e. The molecule has 112 valence electrons. The van der Waals surface area contributed by atoms with Gasteiger partial charge in [0.1, 0.15) is 6.07 Å². The summed E-state index contributed by atoms with van der Waals surface area (Å²) in [5, 5.41) is 13.8. The highest BCUT2D eigenvalue weighted by atomic mass is 79.9. The second-order valence-electron chi connectivity index (χ2n) is 4.62. The molecule has 0 aliphatic rings. The van der Waals surface area contributed by atoms with Crippen molar-refractivity contribution in [2.24, 2.45) is 5.10 Å². The zero-order valence-electron chi connectivity index (χ0n) is 11.7. The Labute approximate surface area is 139 Å². The number of hydrogen-bond donors (Lipinski definition) is 2. The Morgan fingerprint density at radius 3 is 2.70 bits per heavy atom. The van der Waals surface area contributed by atoms with Crippen LogP contribution in [0.1, 0.15) is 5.82 Å². The molecule has 0 aliphatic carbocycles. The lowest BCUT2D eigenvalue weighted by atomic mass is 10.2. The van der Waals surface area contributed by atoms with Crippen molar-refractivity contribution in [1.29, 1.82) is 5.26 Å². The number of aromatic amines is 1. The van der Waals surface area contributed by atoms with Crippen molar-refractivity contribution in [1.82, 2.24) is 9.97 Å². The van der Waals surface area contributed by atoms with Crippen molar-refractivity contribution >= 4 is 38.2 Å². The van der Waals surface area contributed by atoms with Gasteiger partial charge in [0.2, 0.25) is 5.71 Å². The van der Waals surface area contributed by atoms with Crippen LogP contribution in [0.3, 0.4) is 0 Å². The van der Waals surface area contributed by atoms with E-state index in [0.29, 0.717) is 16.6 Å². The fraction of sp³-hybridized carbons (Fsp3) is 0. The normalized spacial score (nSPS) is 11.2. The van der Waals surface area contributed by atoms with Gasteiger partial charge in [-0.05, 0) is 36.4 Å². The molecule has 0 saturated carbocycles. The molecular formula is C16H10BrN5O. The molecule has 0 aliphatic heterocycles. The lowest BCUT2D eigenvalue weighted by Crippen LogP contribution is -2.16. The summed E-state index contributed by atoms with van der Waals surface area (Å²) < 4.78 is 0.938. The Morgan fingerprint density at radius 1 is 1.22 bits per heavy atom. The molecule has 0 saturated heterocycles. The fourth-order valence-electron chi connectivity index (χ4n) is 1.97. The van der Waals surface area contributed by atoms with Gasteiger partial charge in [-0.1, -0.05) is 28.1 Å². The van der Waals surface area contributed by atoms with Crippen molar-refractivity contribution in [3.05, 3.63) is 69.2 Å². The van der Waals surface area contributed by atoms with E-state index in [4.69, 9.17) is 0 Å². The number of aromatic nitrogens is 2. The van der Waals surface area contributed by atoms with E-state index in [-0.39, 0.29) is 17.1 Å². The average molecular weight is 368 g/mol. The van der Waals surface area contributed by atoms with E-state index in [1.54, 1.807) is 36.4 Å². The smallest absolute Gasteiger partial charge is 0.259 e. The summed E-state index contributed by atoms with van der Waals surface area (Å²) in [5.41, 5.74) is 3.68. The summed E-state index contributed by atoms with van der Waals surface area (Å²) in [6, 6.07) is 16.2. The second-order valence-corrected chi connectivity index (χ2v) is 5.54. The van der Waals surface area contributed by atoms with Gasteiger partial charge >= 0.3 is 0 Å². The zero-order valence-corrected chi connectivity index (χ0v) is 13.3. The van der Waals surface area contributed by atoms with Gasteiger partial charge in [-0.3, -0.25) is 10.2 Å². The molecule has 2 aromatic carbocycles. The maximum Gasteiger partial charge on any atom is 0.259 e. The molecule has 0 bridgehead atoms. The van der Waals surface area contributed by atoms with Crippen LogP contribution in [0, 0.1) is 11.3 Å². The van der Waals surface area contributed by atoms with E-state index in [0.717, 1.165) is 4.47 Å². The fourth-order valence-corrected chi connectivity index (χ4v) is 2.24. The number of para-hydroxylation sites is 1. The van der Waals surface area contributed by atoms with E-state index < -0.39 is 0 Å². The Morgan fingerprint density at radius 2 is 1.96 bits per heavy atom. The summed E-state index contributed by atoms with van der Waals surface area (Å²) in [7, 11) is 0. The first-order valence-electron chi connectivity index (χ1n) is 6.66. The Balaban J connectivity index is 1.97. The standard InChI is InChI=1S/C16H10BrN5O/c17-10-5-7-11(8-6-10)21-22-14(9-18)15-19-13-4-2-1-3-12(13)16(23)20-15/h1-8,21H,(H,19,20,23)/b22-14+. The molecule has 0 unspecified atom stereocenters. The first kappa shape index (κ1) is 14.9. The minimum atomic E-state index is -0.308. The molecule has 0 fully saturated rings. The molecule has 6 nitrogen and oxygen atoms in total. The zero-order chi connectivity index (χ0) is 16.2. The highest BCUT2D eigenvalue weighted by Crippen LogP contribution is 2.14. The first-order valence-corrected chi connectivity index (χ1v) is 7.45. The number of anilines is 1. The lowest BCUT2D eigenvalue weighted by molar-refractivity contribution is 1.13. The molecule has 2 N–H and O–H groups in total. The van der Waals surface area contributed by atoms with Crippen LogP contribution in [0.2, 0.25) is 0 Å². The van der Waals surface area contributed by atoms with E-state index in [1.165, 1.54) is 0 Å². The third kappa shape index (κ3) is 3.27. The van der Waals surface area contributed by atoms with Crippen LogP contribution in [0.25, 0.3) is 10.9 Å². The maximum atomic E-state index is 12.0. The SMILES string of the molecule is N#C/C(=N\Nc1ccc(Br)cc1)c1nc2ccccc2c(=O)[nH]1. The number of nitriles is 1. The highest BCUT2D eigenvalue weighted by molar-refractivity contribution is 9.10. The van der Waals surface area contributed by atoms with Crippen LogP contribution < -0.4 is 11.0 Å². The molecule has 3 aromatic rings. The third-order valence-electron chi connectivity index (χ3n) is 3.08. The molecule has 0 amide bonds. The van der Waals surface area contributed by atoms with Crippen LogP contribution in [-0.2, 0) is 0 Å². The van der Waals surface area contributed by atoms with Crippen molar-refractivity contribution < 1.29 is 0 Å². The number of nitrogens with zero attached hydrogens (tertiary/aromatic N) is 3. The molecule has 7 heteroatoms. The van der Waals surface area contributed by atoms with Gasteiger partial charge in [-0.2, -0.15) is 10.4 Å². The van der Waals surface area contributed by atoms with Crippen molar-refractivity contribution in [2.75, 3.05) is 5.43 Å². The van der Waals surface area contributed by atoms with Crippen LogP contribution in [0.15, 0.2) is 62.9 Å². The molecule has 1 heterocycles. The quantitative estimate of drug-likeness (QED) is 0.549. The Hall–Kier alpha value is -2.98. The summed E-state index contributed by atoms with van der Waals surface area (Å²) >= 11 is 3.34. The lowest BCUT2D eigenvalue weighted by Gasteiger charge is -2.03. The number of H-pyrrole nitrogens is 1. The first-order chi connectivity index (χ1) is 11.2. The van der Waals surface area contributed by atoms with Gasteiger partial charge in [0.15, 0.2) is 5.82 Å². The van der Waals surface area contributed by atoms with E-state index in [2.05, 4.69) is 36.4 Å². The number of nitrogens with one attached hydrogen (secondary N) is 2. The monoisotopic (exact) mass is 367 g/mol. The number of halogens is 1. The molecule has 1 aromatic heterocycles. The largest absolute Gasteiger partial charge is 0.304 e. The van der Waals surface area contributed by atoms with Crippen LogP contribution in [0.5, 0.6) is 0 Å². The van der Waals surface area contributed by atoms with Crippen LogP contribution in [-0.4, -0.2) is 15.7 Å². The molecule has 0 radical (unpaired) electrons. The van der Waals surface area contributed by atoms with Gasteiger partial charge in [0.05, 0.1) is 16.6 Å².